The molecule has 100 valence electrons. The van der Waals surface area contributed by atoms with E-state index >= 15 is 0 Å². The Morgan fingerprint density at radius 3 is 2.44 bits per heavy atom. The number of likely N-dealkylation sites (N-methyl/N-ethyl adjacent to an activating group) is 1. The number of rotatable bonds is 3. The molecule has 0 aliphatic heterocycles. The highest BCUT2D eigenvalue weighted by molar-refractivity contribution is 6.30. The minimum absolute atomic E-state index is 0.243. The van der Waals surface area contributed by atoms with Crippen LogP contribution in [0.15, 0.2) is 24.3 Å². The first-order valence-corrected chi connectivity index (χ1v) is 7.07. The van der Waals surface area contributed by atoms with Crippen LogP contribution in [0.4, 0.5) is 0 Å². The predicted octanol–water partition coefficient (Wildman–Crippen LogP) is 3.74. The molecule has 1 aliphatic rings. The van der Waals surface area contributed by atoms with E-state index in [4.69, 9.17) is 16.3 Å². The zero-order valence-corrected chi connectivity index (χ0v) is 12.1. The van der Waals surface area contributed by atoms with E-state index in [0.29, 0.717) is 12.0 Å². The molecule has 0 bridgehead atoms. The quantitative estimate of drug-likeness (QED) is 0.901. The fourth-order valence-electron chi connectivity index (χ4n) is 2.98. The molecule has 1 N–H and O–H groups in total. The smallest absolute Gasteiger partial charge is 0.119 e. The zero-order chi connectivity index (χ0) is 13.1. The van der Waals surface area contributed by atoms with Crippen molar-refractivity contribution in [3.05, 3.63) is 29.3 Å². The van der Waals surface area contributed by atoms with Crippen molar-refractivity contribution < 1.29 is 4.74 Å². The molecule has 0 heterocycles. The maximum atomic E-state index is 6.15. The van der Waals surface area contributed by atoms with Gasteiger partial charge in [0, 0.05) is 11.1 Å². The van der Waals surface area contributed by atoms with Gasteiger partial charge in [-0.05, 0) is 56.0 Å². The van der Waals surface area contributed by atoms with Gasteiger partial charge in [-0.15, -0.1) is 0 Å². The second-order valence-corrected chi connectivity index (χ2v) is 5.92. The third-order valence-corrected chi connectivity index (χ3v) is 4.10. The van der Waals surface area contributed by atoms with E-state index in [0.717, 1.165) is 16.7 Å². The van der Waals surface area contributed by atoms with Crippen LogP contribution in [0.1, 0.15) is 26.7 Å². The molecular formula is C15H22ClNO. The number of nitrogens with one attached hydrogen (secondary N) is 1. The fraction of sp³-hybridized carbons (Fsp3) is 0.600. The molecule has 18 heavy (non-hydrogen) atoms. The molecule has 0 amide bonds. The lowest BCUT2D eigenvalue weighted by Crippen LogP contribution is -2.49. The topological polar surface area (TPSA) is 21.3 Å². The number of ether oxygens (including phenoxy) is 1. The van der Waals surface area contributed by atoms with Gasteiger partial charge in [0.2, 0.25) is 0 Å². The third kappa shape index (κ3) is 3.18. The third-order valence-electron chi connectivity index (χ3n) is 3.84. The van der Waals surface area contributed by atoms with E-state index in [1.807, 2.05) is 31.3 Å². The standard InChI is InChI=1S/C15H22ClNO/c1-10-8-11(2)15(14(9-10)17-3)18-13-6-4-12(16)5-7-13/h4-7,10-11,14-15,17H,8-9H2,1-3H3. The normalized spacial score (nSPS) is 32.2. The van der Waals surface area contributed by atoms with Gasteiger partial charge in [0.25, 0.3) is 0 Å². The summed E-state index contributed by atoms with van der Waals surface area (Å²) in [6.45, 7) is 4.60. The molecule has 4 atom stereocenters. The van der Waals surface area contributed by atoms with Gasteiger partial charge in [-0.25, -0.2) is 0 Å². The van der Waals surface area contributed by atoms with Crippen molar-refractivity contribution in [1.82, 2.24) is 5.32 Å². The molecule has 1 aromatic rings. The molecule has 0 saturated heterocycles. The first-order chi connectivity index (χ1) is 8.60. The molecule has 2 rings (SSSR count). The molecular weight excluding hydrogens is 246 g/mol. The Morgan fingerprint density at radius 1 is 1.17 bits per heavy atom. The van der Waals surface area contributed by atoms with Crippen molar-refractivity contribution in [2.45, 2.75) is 38.8 Å². The summed E-state index contributed by atoms with van der Waals surface area (Å²) in [6, 6.07) is 8.07. The lowest BCUT2D eigenvalue weighted by atomic mass is 9.78. The van der Waals surface area contributed by atoms with Gasteiger partial charge in [-0.2, -0.15) is 0 Å². The van der Waals surface area contributed by atoms with Crippen LogP contribution < -0.4 is 10.1 Å². The van der Waals surface area contributed by atoms with Gasteiger partial charge < -0.3 is 10.1 Å². The summed E-state index contributed by atoms with van der Waals surface area (Å²) < 4.78 is 6.15. The van der Waals surface area contributed by atoms with E-state index in [-0.39, 0.29) is 6.10 Å². The molecule has 3 heteroatoms. The minimum atomic E-state index is 0.243. The van der Waals surface area contributed by atoms with Crippen LogP contribution in [0.5, 0.6) is 5.75 Å². The van der Waals surface area contributed by atoms with Crippen LogP contribution in [0.2, 0.25) is 5.02 Å². The average molecular weight is 268 g/mol. The molecule has 4 unspecified atom stereocenters. The van der Waals surface area contributed by atoms with E-state index < -0.39 is 0 Å². The van der Waals surface area contributed by atoms with Crippen molar-refractivity contribution in [2.75, 3.05) is 7.05 Å². The molecule has 1 aliphatic carbocycles. The van der Waals surface area contributed by atoms with Crippen LogP contribution in [0, 0.1) is 11.8 Å². The van der Waals surface area contributed by atoms with Crippen molar-refractivity contribution >= 4 is 11.6 Å². The molecule has 2 nitrogen and oxygen atoms in total. The van der Waals surface area contributed by atoms with Crippen molar-refractivity contribution in [3.8, 4) is 5.75 Å². The maximum Gasteiger partial charge on any atom is 0.119 e. The van der Waals surface area contributed by atoms with E-state index in [2.05, 4.69) is 19.2 Å². The SMILES string of the molecule is CNC1CC(C)CC(C)C1Oc1ccc(Cl)cc1. The Balaban J connectivity index is 2.08. The maximum absolute atomic E-state index is 6.15. The average Bonchev–Trinajstić information content (AvgIpc) is 2.34. The highest BCUT2D eigenvalue weighted by atomic mass is 35.5. The van der Waals surface area contributed by atoms with E-state index in [1.54, 1.807) is 0 Å². The van der Waals surface area contributed by atoms with Gasteiger partial charge in [-0.3, -0.25) is 0 Å². The van der Waals surface area contributed by atoms with Crippen LogP contribution in [0.3, 0.4) is 0 Å². The molecule has 1 fully saturated rings. The number of halogens is 1. The summed E-state index contributed by atoms with van der Waals surface area (Å²) in [4.78, 5) is 0. The summed E-state index contributed by atoms with van der Waals surface area (Å²) in [5.41, 5.74) is 0. The van der Waals surface area contributed by atoms with Crippen molar-refractivity contribution in [3.63, 3.8) is 0 Å². The summed E-state index contributed by atoms with van der Waals surface area (Å²) in [7, 11) is 2.02. The van der Waals surface area contributed by atoms with Crippen molar-refractivity contribution in [2.24, 2.45) is 11.8 Å². The first kappa shape index (κ1) is 13.7. The molecule has 0 aromatic heterocycles. The lowest BCUT2D eigenvalue weighted by molar-refractivity contribution is 0.0507. The second kappa shape index (κ2) is 5.94. The number of hydrogen-bond donors (Lipinski definition) is 1. The van der Waals surface area contributed by atoms with Crippen LogP contribution in [-0.2, 0) is 0 Å². The van der Waals surface area contributed by atoms with Crippen LogP contribution in [0.25, 0.3) is 0 Å². The number of hydrogen-bond acceptors (Lipinski definition) is 2. The second-order valence-electron chi connectivity index (χ2n) is 5.49. The summed E-state index contributed by atoms with van der Waals surface area (Å²) in [6.07, 6.45) is 2.66. The number of benzene rings is 1. The molecule has 0 radical (unpaired) electrons. The molecule has 1 saturated carbocycles. The lowest BCUT2D eigenvalue weighted by Gasteiger charge is -2.39. The Bertz CT molecular complexity index is 379. The highest BCUT2D eigenvalue weighted by Gasteiger charge is 2.34. The van der Waals surface area contributed by atoms with E-state index in [1.165, 1.54) is 12.8 Å². The van der Waals surface area contributed by atoms with Gasteiger partial charge >= 0.3 is 0 Å². The first-order valence-electron chi connectivity index (χ1n) is 6.69. The Morgan fingerprint density at radius 2 is 1.83 bits per heavy atom. The van der Waals surface area contributed by atoms with Gasteiger partial charge in [0.15, 0.2) is 0 Å². The van der Waals surface area contributed by atoms with Crippen LogP contribution in [-0.4, -0.2) is 19.2 Å². The Kier molecular flexibility index (Phi) is 4.52. The highest BCUT2D eigenvalue weighted by Crippen LogP contribution is 2.32. The summed E-state index contributed by atoms with van der Waals surface area (Å²) >= 11 is 5.89. The molecule has 1 aromatic carbocycles. The predicted molar refractivity (Wildman–Crippen MR) is 76.3 cm³/mol. The van der Waals surface area contributed by atoms with Gasteiger partial charge in [-0.1, -0.05) is 25.4 Å². The van der Waals surface area contributed by atoms with Gasteiger partial charge in [0.05, 0.1) is 0 Å². The Hall–Kier alpha value is -0.730. The fourth-order valence-corrected chi connectivity index (χ4v) is 3.11. The largest absolute Gasteiger partial charge is 0.489 e. The zero-order valence-electron chi connectivity index (χ0n) is 11.3. The summed E-state index contributed by atoms with van der Waals surface area (Å²) in [5.74, 6) is 2.25. The van der Waals surface area contributed by atoms with Gasteiger partial charge in [0.1, 0.15) is 11.9 Å². The molecule has 0 spiro atoms. The Labute approximate surface area is 115 Å². The monoisotopic (exact) mass is 267 g/mol. The van der Waals surface area contributed by atoms with E-state index in [9.17, 15) is 0 Å². The minimum Gasteiger partial charge on any atom is -0.489 e. The van der Waals surface area contributed by atoms with Crippen LogP contribution >= 0.6 is 11.6 Å². The summed E-state index contributed by atoms with van der Waals surface area (Å²) in [5, 5.41) is 4.14. The van der Waals surface area contributed by atoms with Crippen molar-refractivity contribution in [1.29, 1.82) is 0 Å².